The maximum atomic E-state index is 12.5. The van der Waals surface area contributed by atoms with Gasteiger partial charge in [-0.15, -0.1) is 0 Å². The van der Waals surface area contributed by atoms with Gasteiger partial charge in [0.1, 0.15) is 0 Å². The molecule has 0 aliphatic heterocycles. The third-order valence-corrected chi connectivity index (χ3v) is 6.12. The molecule has 0 fully saturated rings. The number of anilines is 1. The second kappa shape index (κ2) is 8.24. The van der Waals surface area contributed by atoms with E-state index in [1.807, 2.05) is 6.92 Å². The van der Waals surface area contributed by atoms with Gasteiger partial charge in [0.2, 0.25) is 15.8 Å². The normalized spacial score (nSPS) is 12.8. The highest BCUT2D eigenvalue weighted by Crippen LogP contribution is 2.26. The summed E-state index contributed by atoms with van der Waals surface area (Å²) < 4.78 is 26.4. The summed E-state index contributed by atoms with van der Waals surface area (Å²) in [5.41, 5.74) is 0.684. The fourth-order valence-corrected chi connectivity index (χ4v) is 4.04. The molecule has 0 radical (unpaired) electrons. The fraction of sp³-hybridized carbons (Fsp3) is 0.353. The molecule has 0 spiro atoms. The highest BCUT2D eigenvalue weighted by atomic mass is 32.2. The van der Waals surface area contributed by atoms with Crippen molar-refractivity contribution in [2.24, 2.45) is 0 Å². The summed E-state index contributed by atoms with van der Waals surface area (Å²) >= 11 is 0. The lowest BCUT2D eigenvalue weighted by atomic mass is 10.1. The van der Waals surface area contributed by atoms with Crippen LogP contribution in [-0.4, -0.2) is 35.7 Å². The Labute approximate surface area is 153 Å². The summed E-state index contributed by atoms with van der Waals surface area (Å²) in [6.45, 7) is 6.22. The minimum absolute atomic E-state index is 0.111. The lowest BCUT2D eigenvalue weighted by Gasteiger charge is -2.19. The van der Waals surface area contributed by atoms with Crippen molar-refractivity contribution in [2.75, 3.05) is 18.4 Å². The van der Waals surface area contributed by atoms with Gasteiger partial charge in [-0.05, 0) is 30.7 Å². The van der Waals surface area contributed by atoms with E-state index in [2.05, 4.69) is 10.3 Å². The van der Waals surface area contributed by atoms with E-state index in [9.17, 15) is 18.5 Å². The van der Waals surface area contributed by atoms with E-state index in [0.29, 0.717) is 13.1 Å². The lowest BCUT2D eigenvalue weighted by Crippen LogP contribution is -2.30. The summed E-state index contributed by atoms with van der Waals surface area (Å²) in [6, 6.07) is 9.09. The first kappa shape index (κ1) is 19.8. The Morgan fingerprint density at radius 2 is 1.81 bits per heavy atom. The maximum Gasteiger partial charge on any atom is 0.311 e. The first-order chi connectivity index (χ1) is 12.3. The Morgan fingerprint density at radius 1 is 1.19 bits per heavy atom. The van der Waals surface area contributed by atoms with Gasteiger partial charge in [0, 0.05) is 25.4 Å². The first-order valence-corrected chi connectivity index (χ1v) is 9.71. The fourth-order valence-electron chi connectivity index (χ4n) is 2.58. The van der Waals surface area contributed by atoms with E-state index < -0.39 is 14.9 Å². The zero-order valence-corrected chi connectivity index (χ0v) is 15.7. The number of sulfonamides is 1. The quantitative estimate of drug-likeness (QED) is 0.558. The number of aromatic nitrogens is 1. The average molecular weight is 378 g/mol. The summed E-state index contributed by atoms with van der Waals surface area (Å²) in [5.74, 6) is 0.171. The van der Waals surface area contributed by atoms with Gasteiger partial charge in [0.15, 0.2) is 0 Å². The molecule has 0 unspecified atom stereocenters. The van der Waals surface area contributed by atoms with Gasteiger partial charge in [-0.25, -0.2) is 13.4 Å². The topological polar surface area (TPSA) is 105 Å². The summed E-state index contributed by atoms with van der Waals surface area (Å²) in [5, 5.41) is 14.1. The molecular formula is C17H22N4O4S. The first-order valence-electron chi connectivity index (χ1n) is 8.27. The highest BCUT2D eigenvalue weighted by Gasteiger charge is 2.22. The summed E-state index contributed by atoms with van der Waals surface area (Å²) in [7, 11) is -3.51. The second-order valence-corrected chi connectivity index (χ2v) is 7.59. The number of hydrogen-bond donors (Lipinski definition) is 1. The van der Waals surface area contributed by atoms with E-state index >= 15 is 0 Å². The van der Waals surface area contributed by atoms with Gasteiger partial charge in [-0.1, -0.05) is 26.0 Å². The molecule has 2 rings (SSSR count). The minimum Gasteiger partial charge on any atom is -0.358 e. The van der Waals surface area contributed by atoms with E-state index in [1.54, 1.807) is 38.1 Å². The van der Waals surface area contributed by atoms with Crippen molar-refractivity contribution in [3.63, 3.8) is 0 Å². The number of nitrogens with one attached hydrogen (secondary N) is 1. The zero-order valence-electron chi connectivity index (χ0n) is 14.9. The summed E-state index contributed by atoms with van der Waals surface area (Å²) in [4.78, 5) is 14.8. The highest BCUT2D eigenvalue weighted by molar-refractivity contribution is 7.89. The van der Waals surface area contributed by atoms with Crippen LogP contribution >= 0.6 is 0 Å². The Balaban J connectivity index is 2.22. The number of pyridine rings is 1. The standard InChI is InChI=1S/C17H22N4O4S/c1-4-20(5-2)26(24,25)15-10-8-14(9-11-15)13(3)19-17-16(21(22)23)7-6-12-18-17/h6-13H,4-5H2,1-3H3,(H,18,19)/t13-/m0/s1. The van der Waals surface area contributed by atoms with E-state index in [1.165, 1.54) is 22.6 Å². The van der Waals surface area contributed by atoms with E-state index in [0.717, 1.165) is 5.56 Å². The third-order valence-electron chi connectivity index (χ3n) is 4.06. The molecule has 0 saturated carbocycles. The molecule has 0 aliphatic carbocycles. The minimum atomic E-state index is -3.51. The monoisotopic (exact) mass is 378 g/mol. The smallest absolute Gasteiger partial charge is 0.311 e. The van der Waals surface area contributed by atoms with Gasteiger partial charge in [-0.3, -0.25) is 10.1 Å². The molecular weight excluding hydrogens is 356 g/mol. The molecule has 1 aromatic carbocycles. The van der Waals surface area contributed by atoms with Crippen molar-refractivity contribution in [1.82, 2.24) is 9.29 Å². The van der Waals surface area contributed by atoms with Crippen molar-refractivity contribution < 1.29 is 13.3 Å². The molecule has 1 atom stereocenters. The predicted octanol–water partition coefficient (Wildman–Crippen LogP) is 3.19. The van der Waals surface area contributed by atoms with E-state index in [4.69, 9.17) is 0 Å². The van der Waals surface area contributed by atoms with Crippen LogP contribution in [0.4, 0.5) is 11.5 Å². The number of nitrogens with zero attached hydrogens (tertiary/aromatic N) is 3. The second-order valence-electron chi connectivity index (χ2n) is 5.65. The van der Waals surface area contributed by atoms with Crippen LogP contribution in [0, 0.1) is 10.1 Å². The SMILES string of the molecule is CCN(CC)S(=O)(=O)c1ccc([C@H](C)Nc2ncccc2[N+](=O)[O-])cc1. The van der Waals surface area contributed by atoms with Gasteiger partial charge >= 0.3 is 5.69 Å². The Morgan fingerprint density at radius 3 is 2.35 bits per heavy atom. The summed E-state index contributed by atoms with van der Waals surface area (Å²) in [6.07, 6.45) is 1.47. The number of hydrogen-bond acceptors (Lipinski definition) is 6. The molecule has 1 heterocycles. The van der Waals surface area contributed by atoms with Crippen LogP contribution in [0.25, 0.3) is 0 Å². The van der Waals surface area contributed by atoms with Crippen molar-refractivity contribution in [2.45, 2.75) is 31.7 Å². The van der Waals surface area contributed by atoms with Crippen molar-refractivity contribution in [3.05, 3.63) is 58.3 Å². The van der Waals surface area contributed by atoms with Crippen LogP contribution < -0.4 is 5.32 Å². The Kier molecular flexibility index (Phi) is 6.27. The molecule has 1 aromatic heterocycles. The molecule has 2 aromatic rings. The largest absolute Gasteiger partial charge is 0.358 e. The number of nitro groups is 1. The van der Waals surface area contributed by atoms with Gasteiger partial charge in [0.05, 0.1) is 15.9 Å². The molecule has 140 valence electrons. The molecule has 0 saturated heterocycles. The van der Waals surface area contributed by atoms with Crippen LogP contribution in [0.1, 0.15) is 32.4 Å². The number of benzene rings is 1. The van der Waals surface area contributed by atoms with Crippen molar-refractivity contribution in [1.29, 1.82) is 0 Å². The third kappa shape index (κ3) is 4.17. The molecule has 0 aliphatic rings. The van der Waals surface area contributed by atoms with Crippen LogP contribution in [0.5, 0.6) is 0 Å². The average Bonchev–Trinajstić information content (AvgIpc) is 2.63. The lowest BCUT2D eigenvalue weighted by molar-refractivity contribution is -0.384. The van der Waals surface area contributed by atoms with Crippen LogP contribution in [0.15, 0.2) is 47.5 Å². The van der Waals surface area contributed by atoms with Gasteiger partial charge in [0.25, 0.3) is 0 Å². The molecule has 26 heavy (non-hydrogen) atoms. The van der Waals surface area contributed by atoms with Crippen LogP contribution in [0.3, 0.4) is 0 Å². The molecule has 0 bridgehead atoms. The van der Waals surface area contributed by atoms with Gasteiger partial charge in [-0.2, -0.15) is 4.31 Å². The Bertz CT molecular complexity index is 865. The van der Waals surface area contributed by atoms with Crippen molar-refractivity contribution >= 4 is 21.5 Å². The van der Waals surface area contributed by atoms with Gasteiger partial charge < -0.3 is 5.32 Å². The molecule has 1 N–H and O–H groups in total. The number of rotatable bonds is 8. The molecule has 8 nitrogen and oxygen atoms in total. The maximum absolute atomic E-state index is 12.5. The van der Waals surface area contributed by atoms with E-state index in [-0.39, 0.29) is 22.4 Å². The Hall–Kier alpha value is -2.52. The van der Waals surface area contributed by atoms with Crippen LogP contribution in [0.2, 0.25) is 0 Å². The molecule has 0 amide bonds. The predicted molar refractivity (Wildman–Crippen MR) is 99.5 cm³/mol. The zero-order chi connectivity index (χ0) is 19.3. The molecule has 9 heteroatoms. The van der Waals surface area contributed by atoms with Crippen molar-refractivity contribution in [3.8, 4) is 0 Å². The van der Waals surface area contributed by atoms with Crippen LogP contribution in [-0.2, 0) is 10.0 Å².